The van der Waals surface area contributed by atoms with Gasteiger partial charge in [-0.1, -0.05) is 0 Å². The number of amides is 1. The molecule has 3 heterocycles. The van der Waals surface area contributed by atoms with Crippen molar-refractivity contribution in [3.63, 3.8) is 0 Å². The number of ether oxygens (including phenoxy) is 2. The highest BCUT2D eigenvalue weighted by atomic mass is 16.5. The van der Waals surface area contributed by atoms with Gasteiger partial charge >= 0.3 is 0 Å². The summed E-state index contributed by atoms with van der Waals surface area (Å²) in [6, 6.07) is 3.52. The maximum absolute atomic E-state index is 12.8. The number of aromatic nitrogens is 1. The number of likely N-dealkylation sites (tertiary alicyclic amines) is 1. The van der Waals surface area contributed by atoms with Crippen molar-refractivity contribution in [1.29, 1.82) is 0 Å². The van der Waals surface area contributed by atoms with Crippen LogP contribution in [0, 0.1) is 5.92 Å². The molecule has 0 unspecified atom stereocenters. The minimum Gasteiger partial charge on any atom is -0.478 e. The molecule has 2 fully saturated rings. The fourth-order valence-corrected chi connectivity index (χ4v) is 3.50. The molecule has 1 aromatic rings. The molecule has 0 N–H and O–H groups in total. The van der Waals surface area contributed by atoms with E-state index in [1.807, 2.05) is 11.8 Å². The van der Waals surface area contributed by atoms with E-state index in [2.05, 4.69) is 9.88 Å². The Morgan fingerprint density at radius 3 is 3.00 bits per heavy atom. The van der Waals surface area contributed by atoms with E-state index in [1.165, 1.54) is 6.42 Å². The predicted molar refractivity (Wildman–Crippen MR) is 91.3 cm³/mol. The quantitative estimate of drug-likeness (QED) is 0.820. The first-order valence-corrected chi connectivity index (χ1v) is 8.94. The molecule has 0 saturated carbocycles. The molecule has 2 aliphatic rings. The Bertz CT molecular complexity index is 546. The summed E-state index contributed by atoms with van der Waals surface area (Å²) in [5, 5.41) is 0. The second-order valence-electron chi connectivity index (χ2n) is 6.49. The van der Waals surface area contributed by atoms with Crippen LogP contribution in [0.5, 0.6) is 5.88 Å². The molecule has 2 saturated heterocycles. The first kappa shape index (κ1) is 17.2. The standard InChI is InChI=1S/C18H27N3O3/c1-2-24-17-12-16(5-6-19-17)18(22)21-7-3-4-15(14-21)13-20-8-10-23-11-9-20/h5-6,12,15H,2-4,7-11,13-14H2,1H3/t15-/m1/s1. The van der Waals surface area contributed by atoms with Crippen molar-refractivity contribution < 1.29 is 14.3 Å². The topological polar surface area (TPSA) is 54.9 Å². The lowest BCUT2D eigenvalue weighted by Crippen LogP contribution is -2.46. The smallest absolute Gasteiger partial charge is 0.254 e. The highest BCUT2D eigenvalue weighted by Crippen LogP contribution is 2.21. The third-order valence-corrected chi connectivity index (χ3v) is 4.70. The number of rotatable bonds is 5. The van der Waals surface area contributed by atoms with Crippen LogP contribution in [0.1, 0.15) is 30.1 Å². The molecule has 0 bridgehead atoms. The van der Waals surface area contributed by atoms with Gasteiger partial charge in [0, 0.05) is 50.6 Å². The zero-order valence-corrected chi connectivity index (χ0v) is 14.4. The van der Waals surface area contributed by atoms with Gasteiger partial charge in [0.15, 0.2) is 0 Å². The largest absolute Gasteiger partial charge is 0.478 e. The van der Waals surface area contributed by atoms with Crippen molar-refractivity contribution >= 4 is 5.91 Å². The third kappa shape index (κ3) is 4.45. The average Bonchev–Trinajstić information content (AvgIpc) is 2.63. The first-order chi connectivity index (χ1) is 11.8. The molecular weight excluding hydrogens is 306 g/mol. The van der Waals surface area contributed by atoms with E-state index < -0.39 is 0 Å². The second-order valence-corrected chi connectivity index (χ2v) is 6.49. The Labute approximate surface area is 143 Å². The van der Waals surface area contributed by atoms with Gasteiger partial charge in [-0.2, -0.15) is 0 Å². The molecule has 0 radical (unpaired) electrons. The zero-order valence-electron chi connectivity index (χ0n) is 14.4. The van der Waals surface area contributed by atoms with Gasteiger partial charge < -0.3 is 14.4 Å². The van der Waals surface area contributed by atoms with E-state index in [0.717, 1.165) is 52.4 Å². The van der Waals surface area contributed by atoms with E-state index in [-0.39, 0.29) is 5.91 Å². The molecular formula is C18H27N3O3. The highest BCUT2D eigenvalue weighted by Gasteiger charge is 2.26. The molecule has 6 nitrogen and oxygen atoms in total. The first-order valence-electron chi connectivity index (χ1n) is 8.94. The maximum Gasteiger partial charge on any atom is 0.254 e. The molecule has 24 heavy (non-hydrogen) atoms. The van der Waals surface area contributed by atoms with Gasteiger partial charge in [-0.05, 0) is 31.7 Å². The van der Waals surface area contributed by atoms with Crippen molar-refractivity contribution in [1.82, 2.24) is 14.8 Å². The number of morpholine rings is 1. The normalized spacial score (nSPS) is 22.4. The van der Waals surface area contributed by atoms with Gasteiger partial charge in [-0.3, -0.25) is 9.69 Å². The van der Waals surface area contributed by atoms with E-state index in [0.29, 0.717) is 24.0 Å². The molecule has 3 rings (SSSR count). The number of carbonyl (C=O) groups excluding carboxylic acids is 1. The monoisotopic (exact) mass is 333 g/mol. The number of hydrogen-bond acceptors (Lipinski definition) is 5. The number of piperidine rings is 1. The molecule has 0 aromatic carbocycles. The van der Waals surface area contributed by atoms with Gasteiger partial charge in [0.25, 0.3) is 5.91 Å². The SMILES string of the molecule is CCOc1cc(C(=O)N2CCC[C@H](CN3CCOCC3)C2)ccn1. The van der Waals surface area contributed by atoms with Gasteiger partial charge in [-0.15, -0.1) is 0 Å². The van der Waals surface area contributed by atoms with Gasteiger partial charge in [0.1, 0.15) is 0 Å². The van der Waals surface area contributed by atoms with E-state index in [4.69, 9.17) is 9.47 Å². The maximum atomic E-state index is 12.8. The Morgan fingerprint density at radius 2 is 2.21 bits per heavy atom. The van der Waals surface area contributed by atoms with Crippen LogP contribution in [0.3, 0.4) is 0 Å². The Kier molecular flexibility index (Phi) is 6.04. The minimum absolute atomic E-state index is 0.0880. The summed E-state index contributed by atoms with van der Waals surface area (Å²) in [6.07, 6.45) is 3.92. The van der Waals surface area contributed by atoms with E-state index in [9.17, 15) is 4.79 Å². The molecule has 0 aliphatic carbocycles. The molecule has 6 heteroatoms. The fourth-order valence-electron chi connectivity index (χ4n) is 3.50. The predicted octanol–water partition coefficient (Wildman–Crippen LogP) is 1.66. The number of hydrogen-bond donors (Lipinski definition) is 0. The number of pyridine rings is 1. The summed E-state index contributed by atoms with van der Waals surface area (Å²) in [5.41, 5.74) is 0.667. The molecule has 1 aromatic heterocycles. The molecule has 2 aliphatic heterocycles. The third-order valence-electron chi connectivity index (χ3n) is 4.70. The summed E-state index contributed by atoms with van der Waals surface area (Å²) >= 11 is 0. The van der Waals surface area contributed by atoms with Crippen molar-refractivity contribution in [2.24, 2.45) is 5.92 Å². The van der Waals surface area contributed by atoms with E-state index in [1.54, 1.807) is 18.3 Å². The van der Waals surface area contributed by atoms with Crippen molar-refractivity contribution in [3.8, 4) is 5.88 Å². The Hall–Kier alpha value is -1.66. The van der Waals surface area contributed by atoms with Gasteiger partial charge in [0.2, 0.25) is 5.88 Å². The molecule has 132 valence electrons. The number of carbonyl (C=O) groups is 1. The Morgan fingerprint density at radius 1 is 1.38 bits per heavy atom. The summed E-state index contributed by atoms with van der Waals surface area (Å²) in [5.74, 6) is 1.16. The lowest BCUT2D eigenvalue weighted by Gasteiger charge is -2.36. The lowest BCUT2D eigenvalue weighted by molar-refractivity contribution is 0.0224. The van der Waals surface area contributed by atoms with Crippen LogP contribution >= 0.6 is 0 Å². The molecule has 0 spiro atoms. The highest BCUT2D eigenvalue weighted by molar-refractivity contribution is 5.94. The number of nitrogens with zero attached hydrogens (tertiary/aromatic N) is 3. The fraction of sp³-hybridized carbons (Fsp3) is 0.667. The Balaban J connectivity index is 1.59. The van der Waals surface area contributed by atoms with Gasteiger partial charge in [0.05, 0.1) is 19.8 Å². The summed E-state index contributed by atoms with van der Waals surface area (Å²) in [7, 11) is 0. The minimum atomic E-state index is 0.0880. The summed E-state index contributed by atoms with van der Waals surface area (Å²) < 4.78 is 10.8. The summed E-state index contributed by atoms with van der Waals surface area (Å²) in [4.78, 5) is 21.4. The zero-order chi connectivity index (χ0) is 16.8. The van der Waals surface area contributed by atoms with Crippen LogP contribution in [0.15, 0.2) is 18.3 Å². The van der Waals surface area contributed by atoms with Crippen molar-refractivity contribution in [2.45, 2.75) is 19.8 Å². The summed E-state index contributed by atoms with van der Waals surface area (Å²) in [6.45, 7) is 8.87. The molecule has 1 atom stereocenters. The van der Waals surface area contributed by atoms with Crippen LogP contribution in [0.4, 0.5) is 0 Å². The van der Waals surface area contributed by atoms with Crippen LogP contribution < -0.4 is 4.74 Å². The van der Waals surface area contributed by atoms with Crippen LogP contribution in [0.2, 0.25) is 0 Å². The van der Waals surface area contributed by atoms with Crippen LogP contribution in [-0.4, -0.2) is 73.2 Å². The van der Waals surface area contributed by atoms with Crippen molar-refractivity contribution in [2.75, 3.05) is 52.5 Å². The van der Waals surface area contributed by atoms with Crippen LogP contribution in [-0.2, 0) is 4.74 Å². The second kappa shape index (κ2) is 8.44. The average molecular weight is 333 g/mol. The lowest BCUT2D eigenvalue weighted by atomic mass is 9.96. The van der Waals surface area contributed by atoms with Crippen LogP contribution in [0.25, 0.3) is 0 Å². The van der Waals surface area contributed by atoms with E-state index >= 15 is 0 Å². The van der Waals surface area contributed by atoms with Crippen molar-refractivity contribution in [3.05, 3.63) is 23.9 Å². The van der Waals surface area contributed by atoms with Gasteiger partial charge in [-0.25, -0.2) is 4.98 Å². The molecule has 1 amide bonds.